The van der Waals surface area contributed by atoms with E-state index in [1.165, 1.54) is 0 Å². The Morgan fingerprint density at radius 3 is 2.25 bits per heavy atom. The van der Waals surface area contributed by atoms with Crippen molar-refractivity contribution >= 4 is 17.5 Å². The van der Waals surface area contributed by atoms with Crippen molar-refractivity contribution in [3.8, 4) is 0 Å². The molecule has 0 unspecified atom stereocenters. The largest absolute Gasteiger partial charge is 0.478 e. The van der Waals surface area contributed by atoms with E-state index in [4.69, 9.17) is 10.8 Å². The lowest BCUT2D eigenvalue weighted by atomic mass is 10.0. The standard InChI is InChI=1S/C12H16N2O2/c1-4-10(13)14-11-7(2)5-9(12(15)16)6-8(11)3/h5-6H,4H2,1-3H3,(H2,13,14)(H,15,16). The molecule has 0 aromatic heterocycles. The maximum atomic E-state index is 10.8. The molecular formula is C12H16N2O2. The molecule has 0 spiro atoms. The highest BCUT2D eigenvalue weighted by Gasteiger charge is 2.09. The number of carboxylic acid groups (broad SMARTS) is 1. The molecule has 4 nitrogen and oxygen atoms in total. The Hall–Kier alpha value is -1.84. The number of benzene rings is 1. The number of carboxylic acids is 1. The Kier molecular flexibility index (Phi) is 3.66. The summed E-state index contributed by atoms with van der Waals surface area (Å²) in [7, 11) is 0. The Balaban J connectivity index is 3.28. The average molecular weight is 220 g/mol. The molecule has 1 aromatic rings. The van der Waals surface area contributed by atoms with Gasteiger partial charge in [0, 0.05) is 6.42 Å². The Morgan fingerprint density at radius 2 is 1.88 bits per heavy atom. The summed E-state index contributed by atoms with van der Waals surface area (Å²) in [5.74, 6) is -0.375. The molecule has 86 valence electrons. The molecular weight excluding hydrogens is 204 g/mol. The lowest BCUT2D eigenvalue weighted by molar-refractivity contribution is 0.0696. The van der Waals surface area contributed by atoms with Crippen molar-refractivity contribution in [2.45, 2.75) is 27.2 Å². The molecule has 4 heteroatoms. The van der Waals surface area contributed by atoms with Gasteiger partial charge in [0.25, 0.3) is 0 Å². The molecule has 0 aliphatic carbocycles. The van der Waals surface area contributed by atoms with Crippen LogP contribution in [0.2, 0.25) is 0 Å². The normalized spacial score (nSPS) is 11.6. The van der Waals surface area contributed by atoms with Crippen LogP contribution in [0.1, 0.15) is 34.8 Å². The van der Waals surface area contributed by atoms with E-state index in [-0.39, 0.29) is 5.56 Å². The molecule has 0 bridgehead atoms. The van der Waals surface area contributed by atoms with Crippen molar-refractivity contribution in [3.63, 3.8) is 0 Å². The van der Waals surface area contributed by atoms with E-state index >= 15 is 0 Å². The Bertz CT molecular complexity index is 427. The fraction of sp³-hybridized carbons (Fsp3) is 0.333. The van der Waals surface area contributed by atoms with E-state index in [2.05, 4.69) is 4.99 Å². The number of rotatable bonds is 3. The van der Waals surface area contributed by atoms with E-state index in [1.54, 1.807) is 12.1 Å². The summed E-state index contributed by atoms with van der Waals surface area (Å²) in [5, 5.41) is 8.89. The predicted octanol–water partition coefficient (Wildman–Crippen LogP) is 2.40. The van der Waals surface area contributed by atoms with Crippen LogP contribution in [0, 0.1) is 13.8 Å². The summed E-state index contributed by atoms with van der Waals surface area (Å²) in [6.45, 7) is 5.59. The highest BCUT2D eigenvalue weighted by Crippen LogP contribution is 2.25. The van der Waals surface area contributed by atoms with Gasteiger partial charge in [-0.05, 0) is 37.1 Å². The summed E-state index contributed by atoms with van der Waals surface area (Å²) in [6.07, 6.45) is 0.680. The SMILES string of the molecule is CCC(N)=Nc1c(C)cc(C(=O)O)cc1C. The van der Waals surface area contributed by atoms with E-state index < -0.39 is 5.97 Å². The second kappa shape index (κ2) is 4.79. The highest BCUT2D eigenvalue weighted by molar-refractivity contribution is 5.90. The van der Waals surface area contributed by atoms with Crippen molar-refractivity contribution in [3.05, 3.63) is 28.8 Å². The third-order valence-corrected chi connectivity index (χ3v) is 2.36. The third-order valence-electron chi connectivity index (χ3n) is 2.36. The van der Waals surface area contributed by atoms with Gasteiger partial charge in [-0.1, -0.05) is 6.92 Å². The zero-order valence-electron chi connectivity index (χ0n) is 9.74. The van der Waals surface area contributed by atoms with Gasteiger partial charge in [0.1, 0.15) is 0 Å². The van der Waals surface area contributed by atoms with Gasteiger partial charge in [0.15, 0.2) is 0 Å². The summed E-state index contributed by atoms with van der Waals surface area (Å²) in [5.41, 5.74) is 8.38. The first-order chi connectivity index (χ1) is 7.45. The molecule has 0 saturated carbocycles. The number of nitrogens with two attached hydrogens (primary N) is 1. The molecule has 0 amide bonds. The van der Waals surface area contributed by atoms with Gasteiger partial charge >= 0.3 is 5.97 Å². The van der Waals surface area contributed by atoms with Crippen molar-refractivity contribution in [2.24, 2.45) is 10.7 Å². The van der Waals surface area contributed by atoms with Crippen LogP contribution in [0.3, 0.4) is 0 Å². The van der Waals surface area contributed by atoms with Crippen LogP contribution in [0.5, 0.6) is 0 Å². The Labute approximate surface area is 94.8 Å². The molecule has 0 atom stereocenters. The smallest absolute Gasteiger partial charge is 0.335 e. The van der Waals surface area contributed by atoms with Gasteiger partial charge in [-0.25, -0.2) is 9.79 Å². The van der Waals surface area contributed by atoms with Gasteiger partial charge in [0.2, 0.25) is 0 Å². The Morgan fingerprint density at radius 1 is 1.38 bits per heavy atom. The zero-order chi connectivity index (χ0) is 12.3. The molecule has 0 saturated heterocycles. The molecule has 1 rings (SSSR count). The van der Waals surface area contributed by atoms with Crippen LogP contribution in [0.25, 0.3) is 0 Å². The molecule has 3 N–H and O–H groups in total. The first kappa shape index (κ1) is 12.2. The molecule has 0 heterocycles. The molecule has 16 heavy (non-hydrogen) atoms. The van der Waals surface area contributed by atoms with Crippen molar-refractivity contribution in [1.29, 1.82) is 0 Å². The van der Waals surface area contributed by atoms with Crippen LogP contribution >= 0.6 is 0 Å². The molecule has 0 fully saturated rings. The van der Waals surface area contributed by atoms with Gasteiger partial charge < -0.3 is 10.8 Å². The maximum absolute atomic E-state index is 10.8. The summed E-state index contributed by atoms with van der Waals surface area (Å²) in [6, 6.07) is 3.22. The van der Waals surface area contributed by atoms with Gasteiger partial charge in [-0.15, -0.1) is 0 Å². The second-order valence-corrected chi connectivity index (χ2v) is 3.72. The summed E-state index contributed by atoms with van der Waals surface area (Å²) < 4.78 is 0. The van der Waals surface area contributed by atoms with E-state index in [0.29, 0.717) is 12.3 Å². The monoisotopic (exact) mass is 220 g/mol. The van der Waals surface area contributed by atoms with Crippen molar-refractivity contribution in [1.82, 2.24) is 0 Å². The number of hydrogen-bond acceptors (Lipinski definition) is 2. The maximum Gasteiger partial charge on any atom is 0.335 e. The second-order valence-electron chi connectivity index (χ2n) is 3.72. The van der Waals surface area contributed by atoms with Crippen LogP contribution < -0.4 is 5.73 Å². The quantitative estimate of drug-likeness (QED) is 0.606. The lowest BCUT2D eigenvalue weighted by Gasteiger charge is -2.07. The average Bonchev–Trinajstić information content (AvgIpc) is 2.22. The lowest BCUT2D eigenvalue weighted by Crippen LogP contribution is -2.09. The van der Waals surface area contributed by atoms with E-state index in [0.717, 1.165) is 16.8 Å². The fourth-order valence-corrected chi connectivity index (χ4v) is 1.48. The molecule has 0 aliphatic heterocycles. The fourth-order valence-electron chi connectivity index (χ4n) is 1.48. The van der Waals surface area contributed by atoms with Gasteiger partial charge in [-0.3, -0.25) is 0 Å². The zero-order valence-corrected chi connectivity index (χ0v) is 9.74. The number of nitrogens with zero attached hydrogens (tertiary/aromatic N) is 1. The van der Waals surface area contributed by atoms with Crippen LogP contribution in [0.4, 0.5) is 5.69 Å². The molecule has 0 radical (unpaired) electrons. The van der Waals surface area contributed by atoms with E-state index in [9.17, 15) is 4.79 Å². The minimum Gasteiger partial charge on any atom is -0.478 e. The number of aromatic carboxylic acids is 1. The first-order valence-corrected chi connectivity index (χ1v) is 5.13. The highest BCUT2D eigenvalue weighted by atomic mass is 16.4. The van der Waals surface area contributed by atoms with Crippen LogP contribution in [-0.2, 0) is 0 Å². The topological polar surface area (TPSA) is 75.7 Å². The summed E-state index contributed by atoms with van der Waals surface area (Å²) in [4.78, 5) is 15.1. The number of hydrogen-bond donors (Lipinski definition) is 2. The van der Waals surface area contributed by atoms with Crippen molar-refractivity contribution < 1.29 is 9.90 Å². The minimum absolute atomic E-state index is 0.281. The third kappa shape index (κ3) is 2.59. The van der Waals surface area contributed by atoms with Crippen LogP contribution in [-0.4, -0.2) is 16.9 Å². The van der Waals surface area contributed by atoms with Gasteiger partial charge in [0.05, 0.1) is 17.1 Å². The number of aryl methyl sites for hydroxylation is 2. The number of carbonyl (C=O) groups is 1. The van der Waals surface area contributed by atoms with Crippen molar-refractivity contribution in [2.75, 3.05) is 0 Å². The van der Waals surface area contributed by atoms with E-state index in [1.807, 2.05) is 20.8 Å². The van der Waals surface area contributed by atoms with Crippen LogP contribution in [0.15, 0.2) is 17.1 Å². The molecule has 1 aromatic carbocycles. The number of aliphatic imine (C=N–C) groups is 1. The minimum atomic E-state index is -0.926. The molecule has 0 aliphatic rings. The summed E-state index contributed by atoms with van der Waals surface area (Å²) >= 11 is 0. The predicted molar refractivity (Wildman–Crippen MR) is 64.4 cm³/mol. The number of amidine groups is 1. The first-order valence-electron chi connectivity index (χ1n) is 5.13. The van der Waals surface area contributed by atoms with Gasteiger partial charge in [-0.2, -0.15) is 0 Å².